The molecule has 0 bridgehead atoms. The Morgan fingerprint density at radius 3 is 2.74 bits per heavy atom. The highest BCUT2D eigenvalue weighted by molar-refractivity contribution is 7.99. The highest BCUT2D eigenvalue weighted by Crippen LogP contribution is 2.21. The van der Waals surface area contributed by atoms with Gasteiger partial charge in [-0.05, 0) is 42.3 Å². The molecule has 2 heteroatoms. The van der Waals surface area contributed by atoms with E-state index in [1.54, 1.807) is 0 Å². The number of unbranched alkanes of at least 4 members (excludes halogenated alkanes) is 3. The van der Waals surface area contributed by atoms with Crippen LogP contribution in [0.25, 0.3) is 0 Å². The molecule has 0 saturated heterocycles. The predicted molar refractivity (Wildman–Crippen MR) is 87.9 cm³/mol. The Hall–Kier alpha value is -0.470. The van der Waals surface area contributed by atoms with Crippen LogP contribution < -0.4 is 5.32 Å². The zero-order chi connectivity index (χ0) is 13.9. The van der Waals surface area contributed by atoms with E-state index in [-0.39, 0.29) is 0 Å². The second-order valence-electron chi connectivity index (χ2n) is 5.58. The van der Waals surface area contributed by atoms with Gasteiger partial charge < -0.3 is 5.32 Å². The Labute approximate surface area is 123 Å². The number of benzene rings is 1. The van der Waals surface area contributed by atoms with Crippen LogP contribution in [0, 0.1) is 5.92 Å². The van der Waals surface area contributed by atoms with E-state index in [4.69, 9.17) is 0 Å². The van der Waals surface area contributed by atoms with Crippen molar-refractivity contribution in [2.75, 3.05) is 12.3 Å². The first kappa shape index (κ1) is 16.6. The molecule has 0 atom stereocenters. The van der Waals surface area contributed by atoms with Gasteiger partial charge in [-0.3, -0.25) is 0 Å². The number of hydrogen-bond acceptors (Lipinski definition) is 2. The third-order valence-corrected chi connectivity index (χ3v) is 4.13. The molecule has 0 radical (unpaired) electrons. The fourth-order valence-electron chi connectivity index (χ4n) is 1.97. The lowest BCUT2D eigenvalue weighted by molar-refractivity contribution is 0.552. The maximum atomic E-state index is 3.50. The summed E-state index contributed by atoms with van der Waals surface area (Å²) in [5.74, 6) is 1.97. The molecule has 1 rings (SSSR count). The molecule has 1 nitrogen and oxygen atoms in total. The molecule has 0 aliphatic heterocycles. The summed E-state index contributed by atoms with van der Waals surface area (Å²) < 4.78 is 0. The van der Waals surface area contributed by atoms with Crippen molar-refractivity contribution in [1.29, 1.82) is 0 Å². The summed E-state index contributed by atoms with van der Waals surface area (Å²) in [5.41, 5.74) is 1.40. The zero-order valence-corrected chi connectivity index (χ0v) is 13.6. The van der Waals surface area contributed by atoms with Crippen LogP contribution in [-0.2, 0) is 6.54 Å². The molecule has 0 aliphatic rings. The van der Waals surface area contributed by atoms with E-state index in [1.807, 2.05) is 11.8 Å². The lowest BCUT2D eigenvalue weighted by atomic mass is 10.2. The Balaban J connectivity index is 2.27. The number of hydrogen-bond donors (Lipinski definition) is 1. The maximum Gasteiger partial charge on any atom is 0.0206 e. The summed E-state index contributed by atoms with van der Waals surface area (Å²) in [6, 6.07) is 8.96. The highest BCUT2D eigenvalue weighted by atomic mass is 32.2. The van der Waals surface area contributed by atoms with Crippen molar-refractivity contribution in [3.63, 3.8) is 0 Å². The minimum Gasteiger partial charge on any atom is -0.312 e. The van der Waals surface area contributed by atoms with Crippen LogP contribution in [0.4, 0.5) is 0 Å². The van der Waals surface area contributed by atoms with Crippen LogP contribution in [-0.4, -0.2) is 12.3 Å². The summed E-state index contributed by atoms with van der Waals surface area (Å²) in [7, 11) is 0. The summed E-state index contributed by atoms with van der Waals surface area (Å²) >= 11 is 2.00. The normalized spacial score (nSPS) is 11.2. The van der Waals surface area contributed by atoms with Gasteiger partial charge in [0, 0.05) is 11.4 Å². The SMILES string of the molecule is CCCCCCSc1cccc(CNCC(C)C)c1. The van der Waals surface area contributed by atoms with Crippen LogP contribution in [0.2, 0.25) is 0 Å². The van der Waals surface area contributed by atoms with Gasteiger partial charge in [-0.15, -0.1) is 11.8 Å². The molecular weight excluding hydrogens is 250 g/mol. The Kier molecular flexibility index (Phi) is 9.02. The van der Waals surface area contributed by atoms with Gasteiger partial charge in [-0.2, -0.15) is 0 Å². The third-order valence-electron chi connectivity index (χ3n) is 3.05. The molecule has 1 N–H and O–H groups in total. The number of thioether (sulfide) groups is 1. The van der Waals surface area contributed by atoms with Gasteiger partial charge in [0.1, 0.15) is 0 Å². The third kappa shape index (κ3) is 8.33. The predicted octanol–water partition coefficient (Wildman–Crippen LogP) is 5.10. The van der Waals surface area contributed by atoms with Crippen molar-refractivity contribution in [2.24, 2.45) is 5.92 Å². The van der Waals surface area contributed by atoms with E-state index in [0.717, 1.165) is 19.0 Å². The van der Waals surface area contributed by atoms with Crippen molar-refractivity contribution >= 4 is 11.8 Å². The van der Waals surface area contributed by atoms with E-state index in [2.05, 4.69) is 50.4 Å². The van der Waals surface area contributed by atoms with Gasteiger partial charge >= 0.3 is 0 Å². The van der Waals surface area contributed by atoms with Crippen LogP contribution in [0.1, 0.15) is 52.0 Å². The van der Waals surface area contributed by atoms with E-state index < -0.39 is 0 Å². The molecule has 1 aromatic carbocycles. The topological polar surface area (TPSA) is 12.0 Å². The van der Waals surface area contributed by atoms with Gasteiger partial charge in [0.15, 0.2) is 0 Å². The van der Waals surface area contributed by atoms with Gasteiger partial charge in [0.2, 0.25) is 0 Å². The zero-order valence-electron chi connectivity index (χ0n) is 12.7. The van der Waals surface area contributed by atoms with Gasteiger partial charge in [-0.1, -0.05) is 52.2 Å². The second-order valence-corrected chi connectivity index (χ2v) is 6.75. The standard InChI is InChI=1S/C17H29NS/c1-4-5-6-7-11-19-17-10-8-9-16(12-17)14-18-13-15(2)3/h8-10,12,15,18H,4-7,11,13-14H2,1-3H3. The average Bonchev–Trinajstić information content (AvgIpc) is 2.39. The largest absolute Gasteiger partial charge is 0.312 e. The summed E-state index contributed by atoms with van der Waals surface area (Å²) in [4.78, 5) is 1.42. The molecule has 0 aliphatic carbocycles. The van der Waals surface area contributed by atoms with Crippen molar-refractivity contribution in [2.45, 2.75) is 57.9 Å². The molecule has 0 amide bonds. The molecule has 0 unspecified atom stereocenters. The van der Waals surface area contributed by atoms with Gasteiger partial charge in [0.25, 0.3) is 0 Å². The van der Waals surface area contributed by atoms with Gasteiger partial charge in [0.05, 0.1) is 0 Å². The molecule has 0 aromatic heterocycles. The first-order valence-corrected chi connectivity index (χ1v) is 8.63. The number of rotatable bonds is 10. The minimum absolute atomic E-state index is 0.719. The second kappa shape index (κ2) is 10.3. The van der Waals surface area contributed by atoms with E-state index in [0.29, 0.717) is 0 Å². The minimum atomic E-state index is 0.719. The van der Waals surface area contributed by atoms with E-state index >= 15 is 0 Å². The molecule has 0 heterocycles. The summed E-state index contributed by atoms with van der Waals surface area (Å²) in [5, 5.41) is 3.50. The highest BCUT2D eigenvalue weighted by Gasteiger charge is 1.98. The Bertz CT molecular complexity index is 336. The van der Waals surface area contributed by atoms with Crippen molar-refractivity contribution in [1.82, 2.24) is 5.32 Å². The molecule has 0 saturated carbocycles. The van der Waals surface area contributed by atoms with Crippen molar-refractivity contribution < 1.29 is 0 Å². The van der Waals surface area contributed by atoms with Gasteiger partial charge in [-0.25, -0.2) is 0 Å². The van der Waals surface area contributed by atoms with Crippen molar-refractivity contribution in [3.05, 3.63) is 29.8 Å². The van der Waals surface area contributed by atoms with E-state index in [1.165, 1.54) is 41.9 Å². The average molecular weight is 279 g/mol. The Morgan fingerprint density at radius 2 is 2.00 bits per heavy atom. The number of nitrogens with one attached hydrogen (secondary N) is 1. The fourth-order valence-corrected chi connectivity index (χ4v) is 2.96. The van der Waals surface area contributed by atoms with Crippen molar-refractivity contribution in [3.8, 4) is 0 Å². The Morgan fingerprint density at radius 1 is 1.16 bits per heavy atom. The summed E-state index contributed by atoms with van der Waals surface area (Å²) in [6.45, 7) is 8.84. The molecule has 1 aromatic rings. The molecule has 19 heavy (non-hydrogen) atoms. The first-order chi connectivity index (χ1) is 9.22. The molecule has 108 valence electrons. The lowest BCUT2D eigenvalue weighted by Gasteiger charge is -2.08. The lowest BCUT2D eigenvalue weighted by Crippen LogP contribution is -2.18. The fraction of sp³-hybridized carbons (Fsp3) is 0.647. The molecule has 0 fully saturated rings. The molecule has 0 spiro atoms. The maximum absolute atomic E-state index is 3.50. The summed E-state index contributed by atoms with van der Waals surface area (Å²) in [6.07, 6.45) is 5.41. The van der Waals surface area contributed by atoms with Crippen LogP contribution in [0.3, 0.4) is 0 Å². The van der Waals surface area contributed by atoms with Crippen LogP contribution >= 0.6 is 11.8 Å². The molecular formula is C17H29NS. The smallest absolute Gasteiger partial charge is 0.0206 e. The van der Waals surface area contributed by atoms with Crippen LogP contribution in [0.15, 0.2) is 29.2 Å². The van der Waals surface area contributed by atoms with E-state index in [9.17, 15) is 0 Å². The quantitative estimate of drug-likeness (QED) is 0.472. The van der Waals surface area contributed by atoms with Crippen LogP contribution in [0.5, 0.6) is 0 Å². The monoisotopic (exact) mass is 279 g/mol. The first-order valence-electron chi connectivity index (χ1n) is 7.64.